The van der Waals surface area contributed by atoms with Crippen molar-refractivity contribution in [3.8, 4) is 0 Å². The van der Waals surface area contributed by atoms with Crippen LogP contribution >= 0.6 is 0 Å². The number of nitrogens with two attached hydrogens (primary N) is 2. The summed E-state index contributed by atoms with van der Waals surface area (Å²) in [4.78, 5) is 35.1. The lowest BCUT2D eigenvalue weighted by Crippen LogP contribution is -2.55. The molecule has 1 aromatic heterocycles. The highest BCUT2D eigenvalue weighted by atomic mass is 16.4. The highest BCUT2D eigenvalue weighted by Gasteiger charge is 2.57. The normalized spacial score (nSPS) is 38.9. The molecule has 4 aliphatic carbocycles. The number of hydrogen-bond acceptors (Lipinski definition) is 5. The molecule has 5 N–H and O–H groups in total. The molecule has 5 rings (SSSR count). The zero-order valence-corrected chi connectivity index (χ0v) is 20.9. The van der Waals surface area contributed by atoms with E-state index in [2.05, 4.69) is 25.2 Å². The molecule has 0 spiro atoms. The van der Waals surface area contributed by atoms with Crippen molar-refractivity contribution in [1.82, 2.24) is 5.32 Å². The molecule has 1 unspecified atom stereocenters. The van der Waals surface area contributed by atoms with Gasteiger partial charge in [-0.3, -0.25) is 9.59 Å². The predicted molar refractivity (Wildman–Crippen MR) is 133 cm³/mol. The van der Waals surface area contributed by atoms with Crippen molar-refractivity contribution in [2.75, 3.05) is 0 Å². The summed E-state index contributed by atoms with van der Waals surface area (Å²) in [5, 5.41) is 3.10. The summed E-state index contributed by atoms with van der Waals surface area (Å²) in [5.74, 6) is 1.43. The predicted octanol–water partition coefficient (Wildman–Crippen LogP) is 3.37. The molecule has 4 aliphatic rings. The van der Waals surface area contributed by atoms with Crippen molar-refractivity contribution in [1.29, 1.82) is 0 Å². The van der Waals surface area contributed by atoms with Gasteiger partial charge in [-0.25, -0.2) is 4.79 Å². The third-order valence-electron chi connectivity index (χ3n) is 10.3. The van der Waals surface area contributed by atoms with E-state index in [4.69, 9.17) is 15.9 Å². The molecule has 0 bridgehead atoms. The first-order valence-electron chi connectivity index (χ1n) is 13.3. The van der Waals surface area contributed by atoms with E-state index in [0.717, 1.165) is 37.7 Å². The van der Waals surface area contributed by atoms with Crippen LogP contribution in [0.1, 0.15) is 83.1 Å². The molecular formula is C28H39N3O4. The number of primary amides is 1. The summed E-state index contributed by atoms with van der Waals surface area (Å²) in [7, 11) is 0. The molecule has 1 aromatic rings. The van der Waals surface area contributed by atoms with Crippen molar-refractivity contribution in [2.24, 2.45) is 40.1 Å². The summed E-state index contributed by atoms with van der Waals surface area (Å²) in [5.41, 5.74) is 14.0. The van der Waals surface area contributed by atoms with Crippen LogP contribution in [0.15, 0.2) is 39.3 Å². The summed E-state index contributed by atoms with van der Waals surface area (Å²) >= 11 is 0. The molecule has 3 fully saturated rings. The van der Waals surface area contributed by atoms with Gasteiger partial charge in [0.25, 0.3) is 0 Å². The van der Waals surface area contributed by atoms with Gasteiger partial charge in [0.05, 0.1) is 18.7 Å². The van der Waals surface area contributed by atoms with Crippen LogP contribution in [-0.4, -0.2) is 23.9 Å². The maximum atomic E-state index is 12.5. The van der Waals surface area contributed by atoms with E-state index in [-0.39, 0.29) is 34.8 Å². The minimum Gasteiger partial charge on any atom is -0.431 e. The SMILES string of the molecule is C[C@]12CC[C@H](NC(=O)C(N)CC(N)=O)C[C@H]1CC[C@H]1C3=CC[C@H](c4ccc(=O)oc4)[C@@]3(C)CC[C@@H]12. The third-order valence-corrected chi connectivity index (χ3v) is 10.3. The molecule has 2 amide bonds. The second-order valence-electron chi connectivity index (χ2n) is 12.0. The quantitative estimate of drug-likeness (QED) is 0.556. The van der Waals surface area contributed by atoms with Crippen molar-refractivity contribution < 1.29 is 14.0 Å². The number of fused-ring (bicyclic) bond motifs is 5. The summed E-state index contributed by atoms with van der Waals surface area (Å²) in [6.07, 6.45) is 12.9. The first-order valence-corrected chi connectivity index (χ1v) is 13.3. The lowest BCUT2D eigenvalue weighted by atomic mass is 9.45. The van der Waals surface area contributed by atoms with Crippen LogP contribution in [0.3, 0.4) is 0 Å². The van der Waals surface area contributed by atoms with Gasteiger partial charge in [0.1, 0.15) is 0 Å². The van der Waals surface area contributed by atoms with Gasteiger partial charge in [0, 0.05) is 12.1 Å². The zero-order valence-electron chi connectivity index (χ0n) is 20.9. The van der Waals surface area contributed by atoms with E-state index >= 15 is 0 Å². The van der Waals surface area contributed by atoms with Gasteiger partial charge >= 0.3 is 5.63 Å². The number of rotatable bonds is 5. The Balaban J connectivity index is 1.28. The molecule has 1 heterocycles. The molecule has 0 saturated heterocycles. The smallest absolute Gasteiger partial charge is 0.335 e. The first-order chi connectivity index (χ1) is 16.6. The first kappa shape index (κ1) is 24.3. The minimum atomic E-state index is -0.868. The lowest BCUT2D eigenvalue weighted by Gasteiger charge is -2.60. The Kier molecular flexibility index (Phi) is 6.19. The Labute approximate surface area is 207 Å². The fraction of sp³-hybridized carbons (Fsp3) is 0.679. The van der Waals surface area contributed by atoms with Crippen LogP contribution in [0.4, 0.5) is 0 Å². The monoisotopic (exact) mass is 481 g/mol. The standard InChI is InChI=1S/C28H39N3O4/c1-27-11-9-18(31-26(34)23(29)14-24(30)32)13-17(27)4-5-19-21-7-6-20(16-3-8-25(33)35-15-16)28(21,2)12-10-22(19)27/h3,7-8,15,17-20,22-23H,4-6,9-14,29H2,1-2H3,(H2,30,32)(H,31,34)/t17-,18+,19+,20-,22+,23?,27+,28-/m1/s1. The highest BCUT2D eigenvalue weighted by Crippen LogP contribution is 2.67. The fourth-order valence-electron chi connectivity index (χ4n) is 8.41. The Bertz CT molecular complexity index is 1080. The molecule has 7 nitrogen and oxygen atoms in total. The molecule has 190 valence electrons. The second kappa shape index (κ2) is 8.91. The molecular weight excluding hydrogens is 442 g/mol. The van der Waals surface area contributed by atoms with Crippen molar-refractivity contribution in [2.45, 2.75) is 89.6 Å². The number of carbonyl (C=O) groups is 2. The second-order valence-corrected chi connectivity index (χ2v) is 12.0. The van der Waals surface area contributed by atoms with Gasteiger partial charge in [0.15, 0.2) is 0 Å². The van der Waals surface area contributed by atoms with Crippen LogP contribution < -0.4 is 22.4 Å². The van der Waals surface area contributed by atoms with E-state index < -0.39 is 11.9 Å². The summed E-state index contributed by atoms with van der Waals surface area (Å²) in [6, 6.07) is 2.75. The summed E-state index contributed by atoms with van der Waals surface area (Å²) in [6.45, 7) is 4.92. The molecule has 7 heteroatoms. The molecule has 35 heavy (non-hydrogen) atoms. The average molecular weight is 482 g/mol. The Morgan fingerprint density at radius 2 is 1.97 bits per heavy atom. The number of carbonyl (C=O) groups excluding carboxylic acids is 2. The molecule has 3 saturated carbocycles. The van der Waals surface area contributed by atoms with Crippen LogP contribution in [0.25, 0.3) is 0 Å². The van der Waals surface area contributed by atoms with Gasteiger partial charge < -0.3 is 21.2 Å². The van der Waals surface area contributed by atoms with E-state index in [0.29, 0.717) is 23.7 Å². The Morgan fingerprint density at radius 3 is 2.69 bits per heavy atom. The van der Waals surface area contributed by atoms with E-state index in [1.807, 2.05) is 6.07 Å². The van der Waals surface area contributed by atoms with Crippen LogP contribution in [0.2, 0.25) is 0 Å². The maximum absolute atomic E-state index is 12.5. The molecule has 8 atom stereocenters. The third kappa shape index (κ3) is 4.15. The number of allylic oxidation sites excluding steroid dienone is 2. The molecule has 0 radical (unpaired) electrons. The van der Waals surface area contributed by atoms with Gasteiger partial charge in [-0.1, -0.05) is 25.5 Å². The number of hydrogen-bond donors (Lipinski definition) is 3. The van der Waals surface area contributed by atoms with Crippen LogP contribution in [-0.2, 0) is 9.59 Å². The van der Waals surface area contributed by atoms with Gasteiger partial charge in [0.2, 0.25) is 11.8 Å². The zero-order chi connectivity index (χ0) is 25.0. The fourth-order valence-corrected chi connectivity index (χ4v) is 8.41. The molecule has 0 aliphatic heterocycles. The van der Waals surface area contributed by atoms with Crippen molar-refractivity contribution in [3.05, 3.63) is 46.0 Å². The minimum absolute atomic E-state index is 0.118. The number of nitrogens with one attached hydrogen (secondary N) is 1. The van der Waals surface area contributed by atoms with Gasteiger partial charge in [-0.15, -0.1) is 0 Å². The topological polar surface area (TPSA) is 128 Å². The number of amides is 2. The Morgan fingerprint density at radius 1 is 1.17 bits per heavy atom. The van der Waals surface area contributed by atoms with E-state index in [1.165, 1.54) is 19.3 Å². The lowest BCUT2D eigenvalue weighted by molar-refractivity contribution is -0.127. The van der Waals surface area contributed by atoms with Gasteiger partial charge in [-0.05, 0) is 97.5 Å². The maximum Gasteiger partial charge on any atom is 0.335 e. The highest BCUT2D eigenvalue weighted by molar-refractivity contribution is 5.87. The average Bonchev–Trinajstić information content (AvgIpc) is 3.16. The summed E-state index contributed by atoms with van der Waals surface area (Å²) < 4.78 is 5.22. The Hall–Kier alpha value is -2.41. The van der Waals surface area contributed by atoms with E-state index in [1.54, 1.807) is 17.9 Å². The van der Waals surface area contributed by atoms with Gasteiger partial charge in [-0.2, -0.15) is 0 Å². The van der Waals surface area contributed by atoms with E-state index in [9.17, 15) is 14.4 Å². The molecule has 0 aromatic carbocycles. The van der Waals surface area contributed by atoms with Crippen molar-refractivity contribution in [3.63, 3.8) is 0 Å². The van der Waals surface area contributed by atoms with Crippen molar-refractivity contribution >= 4 is 11.8 Å². The largest absolute Gasteiger partial charge is 0.431 e. The van der Waals surface area contributed by atoms with Crippen LogP contribution in [0.5, 0.6) is 0 Å². The van der Waals surface area contributed by atoms with Crippen LogP contribution in [0, 0.1) is 28.6 Å².